The Bertz CT molecular complexity index is 684. The van der Waals surface area contributed by atoms with Crippen LogP contribution in [0.5, 0.6) is 11.5 Å². The van der Waals surface area contributed by atoms with E-state index in [-0.39, 0.29) is 11.6 Å². The van der Waals surface area contributed by atoms with E-state index in [1.54, 1.807) is 12.1 Å². The highest BCUT2D eigenvalue weighted by atomic mass is 127. The smallest absolute Gasteiger partial charge is 0.273 e. The summed E-state index contributed by atoms with van der Waals surface area (Å²) in [6, 6.07) is 14.8. The van der Waals surface area contributed by atoms with Gasteiger partial charge in [0.05, 0.1) is 5.56 Å². The molecule has 6 heteroatoms. The summed E-state index contributed by atoms with van der Waals surface area (Å²) in [5, 5.41) is 6.35. The van der Waals surface area contributed by atoms with Crippen molar-refractivity contribution in [1.29, 1.82) is 0 Å². The number of nitrogens with one attached hydrogen (secondary N) is 1. The van der Waals surface area contributed by atoms with Crippen LogP contribution in [0, 0.1) is 3.57 Å². The second kappa shape index (κ2) is 7.79. The molecule has 0 unspecified atom stereocenters. The van der Waals surface area contributed by atoms with Gasteiger partial charge in [-0.3, -0.25) is 4.79 Å². The highest BCUT2D eigenvalue weighted by Crippen LogP contribution is 2.26. The van der Waals surface area contributed by atoms with Gasteiger partial charge in [0.15, 0.2) is 5.71 Å². The van der Waals surface area contributed by atoms with Gasteiger partial charge in [-0.2, -0.15) is 0 Å². The zero-order valence-electron chi connectivity index (χ0n) is 12.2. The second-order valence-corrected chi connectivity index (χ2v) is 5.50. The van der Waals surface area contributed by atoms with Crippen molar-refractivity contribution < 1.29 is 14.4 Å². The van der Waals surface area contributed by atoms with Crippen LogP contribution < -0.4 is 10.1 Å². The monoisotopic (exact) mass is 410 g/mol. The summed E-state index contributed by atoms with van der Waals surface area (Å²) in [4.78, 5) is 16.7. The van der Waals surface area contributed by atoms with Gasteiger partial charge >= 0.3 is 0 Å². The van der Waals surface area contributed by atoms with Crippen LogP contribution in [0.1, 0.15) is 5.56 Å². The standard InChI is InChI=1S/C16H15IN2O3/c1-18-16(20)15(19-21-2)13-5-3-4-6-14(13)22-12-9-7-11(17)8-10-12/h3-10H,1-2H3,(H,18,20)/b19-15+. The maximum atomic E-state index is 12.0. The number of carbonyl (C=O) groups excluding carboxylic acids is 1. The Morgan fingerprint density at radius 2 is 1.82 bits per heavy atom. The van der Waals surface area contributed by atoms with Crippen molar-refractivity contribution in [3.05, 3.63) is 57.7 Å². The molecule has 0 aliphatic heterocycles. The molecule has 22 heavy (non-hydrogen) atoms. The third-order valence-corrected chi connectivity index (χ3v) is 3.53. The fourth-order valence-electron chi connectivity index (χ4n) is 1.80. The molecule has 0 saturated heterocycles. The molecule has 5 nitrogen and oxygen atoms in total. The molecule has 2 aromatic rings. The summed E-state index contributed by atoms with van der Waals surface area (Å²) < 4.78 is 6.98. The Morgan fingerprint density at radius 3 is 2.45 bits per heavy atom. The van der Waals surface area contributed by atoms with Gasteiger partial charge in [-0.05, 0) is 59.0 Å². The van der Waals surface area contributed by atoms with Crippen LogP contribution in [0.15, 0.2) is 53.7 Å². The first-order valence-electron chi connectivity index (χ1n) is 6.51. The Labute approximate surface area is 142 Å². The lowest BCUT2D eigenvalue weighted by Gasteiger charge is -2.12. The van der Waals surface area contributed by atoms with Gasteiger partial charge in [0, 0.05) is 10.6 Å². The Kier molecular flexibility index (Phi) is 5.76. The van der Waals surface area contributed by atoms with Crippen LogP contribution in [0.4, 0.5) is 0 Å². The van der Waals surface area contributed by atoms with Gasteiger partial charge in [-0.1, -0.05) is 17.3 Å². The molecule has 0 heterocycles. The van der Waals surface area contributed by atoms with Gasteiger partial charge in [-0.15, -0.1) is 0 Å². The molecule has 0 radical (unpaired) electrons. The van der Waals surface area contributed by atoms with E-state index < -0.39 is 0 Å². The number of ether oxygens (including phenoxy) is 1. The number of rotatable bonds is 5. The largest absolute Gasteiger partial charge is 0.457 e. The molecular formula is C16H15IN2O3. The molecule has 1 amide bonds. The van der Waals surface area contributed by atoms with Gasteiger partial charge in [0.1, 0.15) is 18.6 Å². The third-order valence-electron chi connectivity index (χ3n) is 2.81. The van der Waals surface area contributed by atoms with Crippen LogP contribution in [-0.4, -0.2) is 25.8 Å². The predicted molar refractivity (Wildman–Crippen MR) is 93.3 cm³/mol. The van der Waals surface area contributed by atoms with Crippen LogP contribution in [0.2, 0.25) is 0 Å². The first-order chi connectivity index (χ1) is 10.7. The lowest BCUT2D eigenvalue weighted by molar-refractivity contribution is -0.114. The van der Waals surface area contributed by atoms with E-state index in [0.29, 0.717) is 17.1 Å². The molecular weight excluding hydrogens is 395 g/mol. The highest BCUT2D eigenvalue weighted by Gasteiger charge is 2.18. The number of carbonyl (C=O) groups is 1. The van der Waals surface area contributed by atoms with Gasteiger partial charge in [0.25, 0.3) is 5.91 Å². The minimum atomic E-state index is -0.347. The zero-order valence-corrected chi connectivity index (χ0v) is 14.3. The molecule has 0 bridgehead atoms. The SMILES string of the molecule is CNC(=O)/C(=N/OC)c1ccccc1Oc1ccc(I)cc1. The fraction of sp³-hybridized carbons (Fsp3) is 0.125. The Morgan fingerprint density at radius 1 is 1.14 bits per heavy atom. The second-order valence-electron chi connectivity index (χ2n) is 4.25. The van der Waals surface area contributed by atoms with E-state index >= 15 is 0 Å². The number of halogens is 1. The number of oxime groups is 1. The number of nitrogens with zero attached hydrogens (tertiary/aromatic N) is 1. The number of hydrogen-bond acceptors (Lipinski definition) is 4. The molecule has 0 spiro atoms. The molecule has 2 aromatic carbocycles. The zero-order chi connectivity index (χ0) is 15.9. The van der Waals surface area contributed by atoms with E-state index in [1.165, 1.54) is 14.2 Å². The Balaban J connectivity index is 2.39. The molecule has 2 rings (SSSR count). The third kappa shape index (κ3) is 3.97. The summed E-state index contributed by atoms with van der Waals surface area (Å²) in [7, 11) is 2.93. The van der Waals surface area contributed by atoms with E-state index in [9.17, 15) is 4.79 Å². The minimum absolute atomic E-state index is 0.158. The quantitative estimate of drug-likeness (QED) is 0.468. The lowest BCUT2D eigenvalue weighted by atomic mass is 10.1. The van der Waals surface area contributed by atoms with E-state index in [0.717, 1.165) is 3.57 Å². The van der Waals surface area contributed by atoms with Crippen molar-refractivity contribution in [2.24, 2.45) is 5.16 Å². The fourth-order valence-corrected chi connectivity index (χ4v) is 2.16. The number of likely N-dealkylation sites (N-methyl/N-ethyl adjacent to an activating group) is 1. The van der Waals surface area contributed by atoms with E-state index in [4.69, 9.17) is 9.57 Å². The first-order valence-corrected chi connectivity index (χ1v) is 7.59. The van der Waals surface area contributed by atoms with Crippen LogP contribution in [-0.2, 0) is 9.63 Å². The van der Waals surface area contributed by atoms with Gasteiger partial charge in [0.2, 0.25) is 0 Å². The Hall–Kier alpha value is -2.09. The molecule has 0 aromatic heterocycles. The van der Waals surface area contributed by atoms with Crippen molar-refractivity contribution in [2.45, 2.75) is 0 Å². The molecule has 114 valence electrons. The maximum Gasteiger partial charge on any atom is 0.273 e. The van der Waals surface area contributed by atoms with Crippen molar-refractivity contribution in [3.8, 4) is 11.5 Å². The number of hydrogen-bond donors (Lipinski definition) is 1. The molecule has 0 saturated carbocycles. The van der Waals surface area contributed by atoms with E-state index in [2.05, 4.69) is 33.1 Å². The highest BCUT2D eigenvalue weighted by molar-refractivity contribution is 14.1. The number of amides is 1. The predicted octanol–water partition coefficient (Wildman–Crippen LogP) is 3.18. The molecule has 0 aliphatic carbocycles. The number of benzene rings is 2. The summed E-state index contributed by atoms with van der Waals surface area (Å²) in [5.74, 6) is 0.866. The average Bonchev–Trinajstić information content (AvgIpc) is 2.55. The van der Waals surface area contributed by atoms with Crippen molar-refractivity contribution >= 4 is 34.2 Å². The number of para-hydroxylation sites is 1. The van der Waals surface area contributed by atoms with Gasteiger partial charge < -0.3 is 14.9 Å². The molecule has 0 atom stereocenters. The summed E-state index contributed by atoms with van der Waals surface area (Å²) >= 11 is 2.23. The van der Waals surface area contributed by atoms with Crippen LogP contribution in [0.3, 0.4) is 0 Å². The van der Waals surface area contributed by atoms with Crippen molar-refractivity contribution in [1.82, 2.24) is 5.32 Å². The minimum Gasteiger partial charge on any atom is -0.457 e. The average molecular weight is 410 g/mol. The van der Waals surface area contributed by atoms with Crippen molar-refractivity contribution in [3.63, 3.8) is 0 Å². The lowest BCUT2D eigenvalue weighted by Crippen LogP contribution is -2.28. The topological polar surface area (TPSA) is 59.9 Å². The van der Waals surface area contributed by atoms with Crippen LogP contribution >= 0.6 is 22.6 Å². The maximum absolute atomic E-state index is 12.0. The summed E-state index contributed by atoms with van der Waals surface area (Å²) in [6.07, 6.45) is 0. The summed E-state index contributed by atoms with van der Waals surface area (Å²) in [6.45, 7) is 0. The van der Waals surface area contributed by atoms with Crippen molar-refractivity contribution in [2.75, 3.05) is 14.2 Å². The molecule has 0 fully saturated rings. The molecule has 0 aliphatic rings. The normalized spacial score (nSPS) is 11.0. The van der Waals surface area contributed by atoms with E-state index in [1.807, 2.05) is 36.4 Å². The molecule has 1 N–H and O–H groups in total. The summed E-state index contributed by atoms with van der Waals surface area (Å²) in [5.41, 5.74) is 0.716. The first kappa shape index (κ1) is 16.3. The van der Waals surface area contributed by atoms with Gasteiger partial charge in [-0.25, -0.2) is 0 Å². The van der Waals surface area contributed by atoms with Crippen LogP contribution in [0.25, 0.3) is 0 Å².